The first-order valence-electron chi connectivity index (χ1n) is 20.0. The summed E-state index contributed by atoms with van der Waals surface area (Å²) >= 11 is 0. The molecule has 0 spiro atoms. The lowest BCUT2D eigenvalue weighted by molar-refractivity contribution is -0.657. The second kappa shape index (κ2) is 26.7. The van der Waals surface area contributed by atoms with E-state index < -0.39 is 20.8 Å². The number of nitrogens with zero attached hydrogens (tertiary/aromatic N) is 8. The third kappa shape index (κ3) is 18.6. The molecule has 0 fully saturated rings. The summed E-state index contributed by atoms with van der Waals surface area (Å²) < 4.78 is 69.6. The molecule has 0 saturated carbocycles. The number of imidazole rings is 2. The van der Waals surface area contributed by atoms with E-state index in [-0.39, 0.29) is 11.8 Å². The van der Waals surface area contributed by atoms with Crippen molar-refractivity contribution in [3.05, 3.63) is 133 Å². The predicted octanol–water partition coefficient (Wildman–Crippen LogP) is 6.44. The lowest BCUT2D eigenvalue weighted by Gasteiger charge is -2.12. The number of azo groups is 2. The molecule has 0 bridgehead atoms. The summed E-state index contributed by atoms with van der Waals surface area (Å²) in [7, 11) is 3.96. The number of carbonyl (C=O) groups excluding carboxylic acids is 2. The van der Waals surface area contributed by atoms with E-state index in [1.54, 1.807) is 45.9 Å². The zero-order valence-corrected chi connectivity index (χ0v) is 40.9. The van der Waals surface area contributed by atoms with Gasteiger partial charge in [0.25, 0.3) is 11.8 Å². The quantitative estimate of drug-likeness (QED) is 0.0170. The molecular weight excluding hydrogens is 961 g/mol. The number of hydrogen-bond acceptors (Lipinski definition) is 18. The number of benzene rings is 4. The lowest BCUT2D eigenvalue weighted by atomic mass is 10.2. The second-order valence-electron chi connectivity index (χ2n) is 13.8. The van der Waals surface area contributed by atoms with Crippen molar-refractivity contribution in [2.24, 2.45) is 48.6 Å². The van der Waals surface area contributed by atoms with E-state index in [0.29, 0.717) is 58.9 Å². The van der Waals surface area contributed by atoms with Crippen molar-refractivity contribution in [3.8, 4) is 0 Å². The summed E-state index contributed by atoms with van der Waals surface area (Å²) in [5.74, 6) is 2.64. The molecule has 362 valence electrons. The molecule has 4 N–H and O–H groups in total. The maximum absolute atomic E-state index is 12.8. The minimum absolute atomic E-state index is 0.197. The van der Waals surface area contributed by atoms with Gasteiger partial charge in [-0.05, 0) is 60.7 Å². The fourth-order valence-electron chi connectivity index (χ4n) is 5.49. The molecule has 0 radical (unpaired) electrons. The second-order valence-corrected chi connectivity index (χ2v) is 18.8. The van der Waals surface area contributed by atoms with Crippen LogP contribution in [-0.4, -0.2) is 85.7 Å². The van der Waals surface area contributed by atoms with Crippen LogP contribution in [0.2, 0.25) is 0 Å². The van der Waals surface area contributed by atoms with Crippen molar-refractivity contribution in [2.75, 3.05) is 60.1 Å². The Kier molecular flexibility index (Phi) is 21.3. The van der Waals surface area contributed by atoms with Gasteiger partial charge in [0.1, 0.15) is 11.4 Å². The van der Waals surface area contributed by atoms with Gasteiger partial charge in [0.15, 0.2) is 0 Å². The first-order chi connectivity index (χ1) is 32.4. The number of rotatable bonds is 19. The highest BCUT2D eigenvalue weighted by Crippen LogP contribution is 2.32. The highest BCUT2D eigenvalue weighted by Gasteiger charge is 2.15. The average Bonchev–Trinajstić information content (AvgIpc) is 3.82. The van der Waals surface area contributed by atoms with Crippen molar-refractivity contribution in [3.63, 3.8) is 0 Å². The SMILES string of the molecule is COS(=O)(=O)[O-].COS(=O)(=O)[O-].Cn1cc[n+](C)c1N=Nc1cc(NC(=O)c2ccccc2)ccc1NCCSSCCNc1ccc(NC(=O)c2ccccc2)cc1N=Nc1n(C)cc[n+]1C. The first-order valence-corrected chi connectivity index (χ1v) is 25.1. The maximum Gasteiger partial charge on any atom is 0.421 e. The molecule has 26 heteroatoms. The fraction of sp³-hybridized carbons (Fsp3) is 0.238. The number of amides is 2. The highest BCUT2D eigenvalue weighted by atomic mass is 33.1. The molecule has 2 heterocycles. The Morgan fingerprint density at radius 3 is 1.26 bits per heavy atom. The number of nitrogens with one attached hydrogen (secondary N) is 4. The predicted molar refractivity (Wildman–Crippen MR) is 259 cm³/mol. The van der Waals surface area contributed by atoms with E-state index >= 15 is 0 Å². The zero-order chi connectivity index (χ0) is 49.7. The van der Waals surface area contributed by atoms with Gasteiger partial charge in [0.2, 0.25) is 20.8 Å². The smallest absolute Gasteiger partial charge is 0.421 e. The van der Waals surface area contributed by atoms with Crippen molar-refractivity contribution >= 4 is 100 Å². The van der Waals surface area contributed by atoms with E-state index in [4.69, 9.17) is 0 Å². The van der Waals surface area contributed by atoms with Crippen molar-refractivity contribution in [1.29, 1.82) is 0 Å². The summed E-state index contributed by atoms with van der Waals surface area (Å²) in [5, 5.41) is 31.0. The Morgan fingerprint density at radius 2 is 0.956 bits per heavy atom. The Balaban J connectivity index is 0.000000745. The minimum Gasteiger partial charge on any atom is -0.726 e. The van der Waals surface area contributed by atoms with Crippen LogP contribution in [0.25, 0.3) is 0 Å². The molecule has 0 atom stereocenters. The van der Waals surface area contributed by atoms with Gasteiger partial charge in [-0.15, -0.1) is 0 Å². The van der Waals surface area contributed by atoms with E-state index in [2.05, 4.69) is 50.1 Å². The summed E-state index contributed by atoms with van der Waals surface area (Å²) in [4.78, 5) is 25.7. The molecule has 0 aliphatic heterocycles. The molecule has 0 saturated heterocycles. The van der Waals surface area contributed by atoms with Gasteiger partial charge in [-0.3, -0.25) is 18.0 Å². The summed E-state index contributed by atoms with van der Waals surface area (Å²) in [6, 6.07) is 29.4. The normalized spacial score (nSPS) is 11.4. The van der Waals surface area contributed by atoms with Gasteiger partial charge in [0.05, 0.1) is 78.6 Å². The third-order valence-corrected chi connectivity index (χ3v) is 12.1. The van der Waals surface area contributed by atoms with Crippen LogP contribution in [0.3, 0.4) is 0 Å². The summed E-state index contributed by atoms with van der Waals surface area (Å²) in [5.41, 5.74) is 5.23. The number of carbonyl (C=O) groups is 2. The number of aryl methyl sites for hydroxylation is 4. The van der Waals surface area contributed by atoms with Gasteiger partial charge in [-0.1, -0.05) is 68.2 Å². The van der Waals surface area contributed by atoms with E-state index in [9.17, 15) is 35.5 Å². The largest absolute Gasteiger partial charge is 0.726 e. The van der Waals surface area contributed by atoms with Crippen LogP contribution in [0.4, 0.5) is 46.0 Å². The highest BCUT2D eigenvalue weighted by molar-refractivity contribution is 8.76. The van der Waals surface area contributed by atoms with Crippen LogP contribution in [-0.2, 0) is 57.4 Å². The number of hydrogen-bond donors (Lipinski definition) is 4. The molecule has 22 nitrogen and oxygen atoms in total. The number of aromatic nitrogens is 4. The third-order valence-electron chi connectivity index (χ3n) is 8.86. The van der Waals surface area contributed by atoms with Crippen LogP contribution in [0.15, 0.2) is 142 Å². The monoisotopic (exact) mass is 1010 g/mol. The molecule has 2 amide bonds. The van der Waals surface area contributed by atoms with Gasteiger partial charge in [-0.2, -0.15) is 0 Å². The molecule has 0 unspecified atom stereocenters. The van der Waals surface area contributed by atoms with Crippen LogP contribution < -0.4 is 30.4 Å². The van der Waals surface area contributed by atoms with Gasteiger partial charge in [0, 0.05) is 57.3 Å². The topological polar surface area (TPSA) is 282 Å². The van der Waals surface area contributed by atoms with Gasteiger partial charge >= 0.3 is 11.9 Å². The Morgan fingerprint density at radius 1 is 0.603 bits per heavy atom. The minimum atomic E-state index is -4.41. The molecule has 68 heavy (non-hydrogen) atoms. The Bertz CT molecular complexity index is 2650. The van der Waals surface area contributed by atoms with Crippen molar-refractivity contribution < 1.29 is 53.0 Å². The molecule has 6 rings (SSSR count). The van der Waals surface area contributed by atoms with Crippen LogP contribution in [0, 0.1) is 0 Å². The van der Waals surface area contributed by atoms with Gasteiger partial charge in [-0.25, -0.2) is 35.1 Å². The molecule has 6 aromatic rings. The van der Waals surface area contributed by atoms with Crippen molar-refractivity contribution in [2.45, 2.75) is 0 Å². The number of anilines is 4. The fourth-order valence-corrected chi connectivity index (χ4v) is 7.30. The Labute approximate surface area is 402 Å². The maximum atomic E-state index is 12.8. The van der Waals surface area contributed by atoms with Gasteiger partial charge < -0.3 is 30.4 Å². The molecule has 4 aromatic carbocycles. The first kappa shape index (κ1) is 54.1. The lowest BCUT2D eigenvalue weighted by Crippen LogP contribution is -2.25. The van der Waals surface area contributed by atoms with E-state index in [0.717, 1.165) is 37.1 Å². The standard InChI is InChI=1S/C40H42N12O2S2.2CH4O4S/c1-49-21-22-50(2)39(49)47-45-35-27-31(43-37(53)29-11-7-5-8-12-29)15-17-33(35)41-19-25-55-56-26-20-42-34-18-16-32(44-38(54)30-13-9-6-10-14-30)28-36(34)46-48-40-51(3)23-24-52(40)4;2*1-5-6(2,3)4/h5-18,21-24,27-28H,19-20,25-26H2,1-4H3,(H2,43,44,45,46,53,54);2*1H3,(H,2,3,4). The summed E-state index contributed by atoms with van der Waals surface area (Å²) in [6.07, 6.45) is 7.65. The average molecular weight is 1010 g/mol. The van der Waals surface area contributed by atoms with Crippen LogP contribution >= 0.6 is 21.6 Å². The van der Waals surface area contributed by atoms with Crippen molar-refractivity contribution in [1.82, 2.24) is 9.13 Å². The van der Waals surface area contributed by atoms with E-state index in [1.807, 2.05) is 144 Å². The molecular formula is C42H50N12O10S4. The van der Waals surface area contributed by atoms with Crippen LogP contribution in [0.5, 0.6) is 0 Å². The Hall–Kier alpha value is -6.52. The zero-order valence-electron chi connectivity index (χ0n) is 37.7. The van der Waals surface area contributed by atoms with Crippen LogP contribution in [0.1, 0.15) is 20.7 Å². The molecule has 0 aliphatic carbocycles. The molecule has 0 aliphatic rings. The molecule has 2 aromatic heterocycles. The van der Waals surface area contributed by atoms with E-state index in [1.165, 1.54) is 0 Å². The summed E-state index contributed by atoms with van der Waals surface area (Å²) in [6.45, 7) is 1.39.